The Morgan fingerprint density at radius 3 is 2.90 bits per heavy atom. The van der Waals surface area contributed by atoms with E-state index in [2.05, 4.69) is 5.32 Å². The highest BCUT2D eigenvalue weighted by Crippen LogP contribution is 2.22. The number of aliphatic hydroxyl groups is 1. The van der Waals surface area contributed by atoms with Crippen LogP contribution in [0, 0.1) is 6.92 Å². The van der Waals surface area contributed by atoms with E-state index in [9.17, 15) is 9.90 Å². The summed E-state index contributed by atoms with van der Waals surface area (Å²) in [5, 5.41) is 14.8. The third-order valence-electron chi connectivity index (χ3n) is 3.00. The highest BCUT2D eigenvalue weighted by atomic mass is 32.1. The summed E-state index contributed by atoms with van der Waals surface area (Å²) in [7, 11) is 0. The van der Waals surface area contributed by atoms with Crippen molar-refractivity contribution in [1.29, 1.82) is 0 Å². The maximum Gasteiger partial charge on any atom is 0.244 e. The molecule has 2 heterocycles. The second-order valence-electron chi connectivity index (χ2n) is 4.96. The van der Waals surface area contributed by atoms with E-state index in [1.165, 1.54) is 17.4 Å². The molecular formula is C16H19NO3S. The van der Waals surface area contributed by atoms with Crippen molar-refractivity contribution in [2.45, 2.75) is 32.4 Å². The molecule has 0 aromatic carbocycles. The molecule has 1 amide bonds. The molecule has 0 aliphatic carbocycles. The molecule has 21 heavy (non-hydrogen) atoms. The van der Waals surface area contributed by atoms with Crippen LogP contribution in [-0.2, 0) is 4.79 Å². The molecule has 0 fully saturated rings. The summed E-state index contributed by atoms with van der Waals surface area (Å²) < 4.78 is 5.35. The largest absolute Gasteiger partial charge is 0.462 e. The van der Waals surface area contributed by atoms with Crippen molar-refractivity contribution in [1.82, 2.24) is 5.32 Å². The first-order valence-corrected chi connectivity index (χ1v) is 7.69. The molecular weight excluding hydrogens is 286 g/mol. The van der Waals surface area contributed by atoms with Crippen LogP contribution in [0.25, 0.3) is 6.08 Å². The smallest absolute Gasteiger partial charge is 0.244 e. The molecule has 2 unspecified atom stereocenters. The summed E-state index contributed by atoms with van der Waals surface area (Å²) >= 11 is 1.51. The van der Waals surface area contributed by atoms with Crippen LogP contribution in [0.5, 0.6) is 0 Å². The van der Waals surface area contributed by atoms with Crippen LogP contribution in [-0.4, -0.2) is 17.1 Å². The number of amides is 1. The van der Waals surface area contributed by atoms with Gasteiger partial charge in [-0.05, 0) is 49.9 Å². The molecule has 112 valence electrons. The van der Waals surface area contributed by atoms with Gasteiger partial charge in [0, 0.05) is 17.0 Å². The normalized spacial score (nSPS) is 14.2. The zero-order valence-corrected chi connectivity index (χ0v) is 12.9. The van der Waals surface area contributed by atoms with Gasteiger partial charge in [-0.15, -0.1) is 11.3 Å². The molecule has 0 aliphatic rings. The van der Waals surface area contributed by atoms with E-state index in [-0.39, 0.29) is 11.9 Å². The quantitative estimate of drug-likeness (QED) is 0.805. The standard InChI is InChI=1S/C16H19NO3S/c1-11(10-14(18)15-4-3-9-21-15)17-16(19)8-7-13-6-5-12(2)20-13/h3-9,11,14,18H,10H2,1-2H3,(H,17,19). The fraction of sp³-hybridized carbons (Fsp3) is 0.312. The molecule has 0 saturated carbocycles. The summed E-state index contributed by atoms with van der Waals surface area (Å²) in [6, 6.07) is 7.34. The van der Waals surface area contributed by atoms with Gasteiger partial charge in [-0.25, -0.2) is 0 Å². The highest BCUT2D eigenvalue weighted by molar-refractivity contribution is 7.10. The minimum Gasteiger partial charge on any atom is -0.462 e. The van der Waals surface area contributed by atoms with Crippen molar-refractivity contribution < 1.29 is 14.3 Å². The predicted octanol–water partition coefficient (Wildman–Crippen LogP) is 3.29. The number of hydrogen-bond acceptors (Lipinski definition) is 4. The third kappa shape index (κ3) is 4.88. The molecule has 0 saturated heterocycles. The SMILES string of the molecule is Cc1ccc(C=CC(=O)NC(C)CC(O)c2cccs2)o1. The van der Waals surface area contributed by atoms with Crippen LogP contribution < -0.4 is 5.32 Å². The summed E-state index contributed by atoms with van der Waals surface area (Å²) in [6.45, 7) is 3.73. The summed E-state index contributed by atoms with van der Waals surface area (Å²) in [5.41, 5.74) is 0. The van der Waals surface area contributed by atoms with E-state index in [0.717, 1.165) is 10.6 Å². The fourth-order valence-electron chi connectivity index (χ4n) is 1.98. The Balaban J connectivity index is 1.80. The maximum atomic E-state index is 11.8. The van der Waals surface area contributed by atoms with Crippen LogP contribution in [0.4, 0.5) is 0 Å². The average molecular weight is 305 g/mol. The lowest BCUT2D eigenvalue weighted by atomic mass is 10.1. The second kappa shape index (κ2) is 7.24. The van der Waals surface area contributed by atoms with E-state index in [4.69, 9.17) is 4.42 Å². The number of aryl methyl sites for hydroxylation is 1. The maximum absolute atomic E-state index is 11.8. The van der Waals surface area contributed by atoms with Crippen molar-refractivity contribution in [3.05, 3.63) is 52.1 Å². The molecule has 0 aliphatic heterocycles. The van der Waals surface area contributed by atoms with Gasteiger partial charge >= 0.3 is 0 Å². The van der Waals surface area contributed by atoms with Crippen molar-refractivity contribution >= 4 is 23.3 Å². The molecule has 2 aromatic rings. The van der Waals surface area contributed by atoms with E-state index in [1.807, 2.05) is 43.5 Å². The Bertz CT molecular complexity index is 601. The average Bonchev–Trinajstić information content (AvgIpc) is 3.07. The lowest BCUT2D eigenvalue weighted by Gasteiger charge is -2.16. The monoisotopic (exact) mass is 305 g/mol. The zero-order chi connectivity index (χ0) is 15.2. The van der Waals surface area contributed by atoms with Crippen molar-refractivity contribution in [2.24, 2.45) is 0 Å². The Kier molecular flexibility index (Phi) is 5.36. The van der Waals surface area contributed by atoms with Crippen molar-refractivity contribution in [3.8, 4) is 0 Å². The molecule has 0 bridgehead atoms. The number of rotatable bonds is 6. The third-order valence-corrected chi connectivity index (χ3v) is 3.97. The Hall–Kier alpha value is -1.85. The van der Waals surface area contributed by atoms with Gasteiger partial charge in [-0.2, -0.15) is 0 Å². The minimum absolute atomic E-state index is 0.113. The van der Waals surface area contributed by atoms with Gasteiger partial charge in [0.05, 0.1) is 6.10 Å². The van der Waals surface area contributed by atoms with Crippen LogP contribution in [0.2, 0.25) is 0 Å². The molecule has 0 spiro atoms. The lowest BCUT2D eigenvalue weighted by Crippen LogP contribution is -2.32. The first-order chi connectivity index (χ1) is 10.0. The second-order valence-corrected chi connectivity index (χ2v) is 5.94. The van der Waals surface area contributed by atoms with Crippen LogP contribution in [0.15, 0.2) is 40.1 Å². The van der Waals surface area contributed by atoms with Gasteiger partial charge in [0.2, 0.25) is 5.91 Å². The number of thiophene rings is 1. The number of aliphatic hydroxyl groups excluding tert-OH is 1. The van der Waals surface area contributed by atoms with Gasteiger partial charge in [0.1, 0.15) is 11.5 Å². The zero-order valence-electron chi connectivity index (χ0n) is 12.1. The van der Waals surface area contributed by atoms with Gasteiger partial charge in [-0.1, -0.05) is 6.07 Å². The van der Waals surface area contributed by atoms with Crippen LogP contribution >= 0.6 is 11.3 Å². The summed E-state index contributed by atoms with van der Waals surface area (Å²) in [4.78, 5) is 12.7. The van der Waals surface area contributed by atoms with Crippen molar-refractivity contribution in [2.75, 3.05) is 0 Å². The van der Waals surface area contributed by atoms with E-state index >= 15 is 0 Å². The van der Waals surface area contributed by atoms with Crippen molar-refractivity contribution in [3.63, 3.8) is 0 Å². The molecule has 5 heteroatoms. The molecule has 4 nitrogen and oxygen atoms in total. The van der Waals surface area contributed by atoms with Gasteiger partial charge in [0.15, 0.2) is 0 Å². The number of furan rings is 1. The lowest BCUT2D eigenvalue weighted by molar-refractivity contribution is -0.117. The fourth-order valence-corrected chi connectivity index (χ4v) is 2.71. The molecule has 2 atom stereocenters. The number of carbonyl (C=O) groups excluding carboxylic acids is 1. The Morgan fingerprint density at radius 1 is 1.48 bits per heavy atom. The molecule has 2 aromatic heterocycles. The topological polar surface area (TPSA) is 62.5 Å². The van der Waals surface area contributed by atoms with Crippen LogP contribution in [0.3, 0.4) is 0 Å². The molecule has 2 N–H and O–H groups in total. The summed E-state index contributed by atoms with van der Waals surface area (Å²) in [6.07, 6.45) is 3.01. The number of nitrogens with one attached hydrogen (secondary N) is 1. The van der Waals surface area contributed by atoms with Crippen LogP contribution in [0.1, 0.15) is 35.8 Å². The number of hydrogen-bond donors (Lipinski definition) is 2. The Labute approximate surface area is 128 Å². The number of carbonyl (C=O) groups is 1. The van der Waals surface area contributed by atoms with Gasteiger partial charge in [-0.3, -0.25) is 4.79 Å². The summed E-state index contributed by atoms with van der Waals surface area (Å²) in [5.74, 6) is 1.26. The minimum atomic E-state index is -0.544. The van der Waals surface area contributed by atoms with Gasteiger partial charge in [0.25, 0.3) is 0 Å². The first-order valence-electron chi connectivity index (χ1n) is 6.81. The molecule has 0 radical (unpaired) electrons. The van der Waals surface area contributed by atoms with E-state index in [0.29, 0.717) is 12.2 Å². The van der Waals surface area contributed by atoms with E-state index in [1.54, 1.807) is 6.08 Å². The Morgan fingerprint density at radius 2 is 2.29 bits per heavy atom. The first kappa shape index (κ1) is 15.5. The van der Waals surface area contributed by atoms with Gasteiger partial charge < -0.3 is 14.8 Å². The van der Waals surface area contributed by atoms with E-state index < -0.39 is 6.10 Å². The predicted molar refractivity (Wildman–Crippen MR) is 84.0 cm³/mol. The molecule has 2 rings (SSSR count). The highest BCUT2D eigenvalue weighted by Gasteiger charge is 2.14.